The van der Waals surface area contributed by atoms with Gasteiger partial charge in [0, 0.05) is 11.5 Å². The van der Waals surface area contributed by atoms with E-state index in [-0.39, 0.29) is 0 Å². The SMILES string of the molecule is CC(C)c1ccc(CSc2nnc(SCC(C)(C)O)s2)cc1. The molecule has 0 bridgehead atoms. The van der Waals surface area contributed by atoms with Crippen molar-refractivity contribution in [3.63, 3.8) is 0 Å². The largest absolute Gasteiger partial charge is 0.390 e. The van der Waals surface area contributed by atoms with Gasteiger partial charge in [-0.3, -0.25) is 0 Å². The van der Waals surface area contributed by atoms with Crippen molar-refractivity contribution in [3.05, 3.63) is 35.4 Å². The predicted octanol–water partition coefficient (Wildman–Crippen LogP) is 4.82. The van der Waals surface area contributed by atoms with Gasteiger partial charge in [-0.25, -0.2) is 0 Å². The molecule has 1 aromatic carbocycles. The Balaban J connectivity index is 1.85. The van der Waals surface area contributed by atoms with E-state index in [4.69, 9.17) is 0 Å². The molecule has 0 aliphatic rings. The molecule has 1 heterocycles. The van der Waals surface area contributed by atoms with Crippen LogP contribution in [0.25, 0.3) is 0 Å². The molecule has 0 fully saturated rings. The summed E-state index contributed by atoms with van der Waals surface area (Å²) in [6, 6.07) is 8.77. The van der Waals surface area contributed by atoms with Gasteiger partial charge in [0.15, 0.2) is 8.68 Å². The van der Waals surface area contributed by atoms with Gasteiger partial charge in [0.25, 0.3) is 0 Å². The molecule has 1 N–H and O–H groups in total. The van der Waals surface area contributed by atoms with E-state index in [2.05, 4.69) is 48.3 Å². The summed E-state index contributed by atoms with van der Waals surface area (Å²) in [7, 11) is 0. The molecule has 0 aliphatic carbocycles. The fourth-order valence-corrected chi connectivity index (χ4v) is 4.62. The number of hydrogen-bond acceptors (Lipinski definition) is 6. The Kier molecular flexibility index (Phi) is 6.32. The number of benzene rings is 1. The van der Waals surface area contributed by atoms with Gasteiger partial charge in [0.1, 0.15) is 0 Å². The van der Waals surface area contributed by atoms with Crippen LogP contribution in [-0.2, 0) is 5.75 Å². The number of aliphatic hydroxyl groups is 1. The average molecular weight is 355 g/mol. The lowest BCUT2D eigenvalue weighted by molar-refractivity contribution is 0.107. The zero-order valence-electron chi connectivity index (χ0n) is 13.4. The monoisotopic (exact) mass is 354 g/mol. The number of aromatic nitrogens is 2. The maximum atomic E-state index is 9.73. The zero-order chi connectivity index (χ0) is 16.2. The van der Waals surface area contributed by atoms with E-state index < -0.39 is 5.60 Å². The Morgan fingerprint density at radius 2 is 1.68 bits per heavy atom. The van der Waals surface area contributed by atoms with Gasteiger partial charge < -0.3 is 5.11 Å². The van der Waals surface area contributed by atoms with Crippen molar-refractivity contribution in [2.75, 3.05) is 5.75 Å². The highest BCUT2D eigenvalue weighted by molar-refractivity contribution is 8.02. The summed E-state index contributed by atoms with van der Waals surface area (Å²) in [4.78, 5) is 0. The van der Waals surface area contributed by atoms with E-state index in [1.807, 2.05) is 0 Å². The van der Waals surface area contributed by atoms with Crippen LogP contribution in [0, 0.1) is 0 Å². The predicted molar refractivity (Wildman–Crippen MR) is 97.0 cm³/mol. The molecule has 0 saturated carbocycles. The molecule has 0 unspecified atom stereocenters. The normalized spacial score (nSPS) is 12.1. The summed E-state index contributed by atoms with van der Waals surface area (Å²) in [6.45, 7) is 8.02. The van der Waals surface area contributed by atoms with Gasteiger partial charge in [-0.2, -0.15) is 0 Å². The van der Waals surface area contributed by atoms with Gasteiger partial charge in [0.2, 0.25) is 0 Å². The van der Waals surface area contributed by atoms with Crippen molar-refractivity contribution < 1.29 is 5.11 Å². The van der Waals surface area contributed by atoms with Gasteiger partial charge in [-0.1, -0.05) is 73.0 Å². The number of thioether (sulfide) groups is 2. The molecular weight excluding hydrogens is 332 g/mol. The third kappa shape index (κ3) is 5.91. The first-order valence-corrected chi connectivity index (χ1v) is 10.0. The van der Waals surface area contributed by atoms with Gasteiger partial charge in [-0.05, 0) is 30.9 Å². The quantitative estimate of drug-likeness (QED) is 0.723. The van der Waals surface area contributed by atoms with Crippen LogP contribution in [0.15, 0.2) is 32.9 Å². The number of nitrogens with zero attached hydrogens (tertiary/aromatic N) is 2. The fraction of sp³-hybridized carbons (Fsp3) is 0.500. The molecule has 0 saturated heterocycles. The van der Waals surface area contributed by atoms with Crippen LogP contribution < -0.4 is 0 Å². The summed E-state index contributed by atoms with van der Waals surface area (Å²) < 4.78 is 1.89. The van der Waals surface area contributed by atoms with Crippen LogP contribution in [0.4, 0.5) is 0 Å². The first-order valence-electron chi connectivity index (χ1n) is 7.24. The van der Waals surface area contributed by atoms with Crippen LogP contribution in [0.3, 0.4) is 0 Å². The molecule has 0 radical (unpaired) electrons. The first kappa shape index (κ1) is 17.8. The molecule has 2 aromatic rings. The summed E-state index contributed by atoms with van der Waals surface area (Å²) in [6.07, 6.45) is 0. The standard InChI is InChI=1S/C16H22N2OS3/c1-11(2)13-7-5-12(6-8-13)9-20-14-17-18-15(22-14)21-10-16(3,4)19/h5-8,11,19H,9-10H2,1-4H3. The van der Waals surface area contributed by atoms with Crippen LogP contribution >= 0.6 is 34.9 Å². The zero-order valence-corrected chi connectivity index (χ0v) is 15.8. The van der Waals surface area contributed by atoms with E-state index in [1.165, 1.54) is 11.1 Å². The topological polar surface area (TPSA) is 46.0 Å². The summed E-state index contributed by atoms with van der Waals surface area (Å²) in [5, 5.41) is 18.1. The highest BCUT2D eigenvalue weighted by Crippen LogP contribution is 2.32. The van der Waals surface area contributed by atoms with Crippen molar-refractivity contribution in [1.82, 2.24) is 10.2 Å². The highest BCUT2D eigenvalue weighted by Gasteiger charge is 2.15. The van der Waals surface area contributed by atoms with Gasteiger partial charge in [0.05, 0.1) is 5.60 Å². The lowest BCUT2D eigenvalue weighted by Gasteiger charge is -2.14. The van der Waals surface area contributed by atoms with Crippen LogP contribution in [0.5, 0.6) is 0 Å². The van der Waals surface area contributed by atoms with Crippen molar-refractivity contribution in [1.29, 1.82) is 0 Å². The molecule has 1 aromatic heterocycles. The Labute approximate surface area is 144 Å². The lowest BCUT2D eigenvalue weighted by Crippen LogP contribution is -2.21. The second-order valence-corrected chi connectivity index (χ2v) is 9.54. The van der Waals surface area contributed by atoms with Gasteiger partial charge in [-0.15, -0.1) is 10.2 Å². The second-order valence-electron chi connectivity index (χ2n) is 6.12. The van der Waals surface area contributed by atoms with Crippen LogP contribution in [-0.4, -0.2) is 26.7 Å². The maximum Gasteiger partial charge on any atom is 0.175 e. The van der Waals surface area contributed by atoms with Crippen molar-refractivity contribution in [2.24, 2.45) is 0 Å². The van der Waals surface area contributed by atoms with Crippen LogP contribution in [0.2, 0.25) is 0 Å². The molecule has 3 nitrogen and oxygen atoms in total. The molecule has 0 atom stereocenters. The fourth-order valence-electron chi connectivity index (χ4n) is 1.70. The van der Waals surface area contributed by atoms with Crippen LogP contribution in [0.1, 0.15) is 44.7 Å². The first-order chi connectivity index (χ1) is 10.3. The van der Waals surface area contributed by atoms with Gasteiger partial charge >= 0.3 is 0 Å². The smallest absolute Gasteiger partial charge is 0.175 e. The van der Waals surface area contributed by atoms with E-state index in [9.17, 15) is 5.11 Å². The minimum Gasteiger partial charge on any atom is -0.390 e. The summed E-state index contributed by atoms with van der Waals surface area (Å²) >= 11 is 4.86. The molecule has 120 valence electrons. The molecule has 0 spiro atoms. The number of hydrogen-bond donors (Lipinski definition) is 1. The van der Waals surface area contributed by atoms with Crippen molar-refractivity contribution >= 4 is 34.9 Å². The molecule has 0 aliphatic heterocycles. The molecule has 0 amide bonds. The average Bonchev–Trinajstić information content (AvgIpc) is 2.91. The Bertz CT molecular complexity index is 588. The lowest BCUT2D eigenvalue weighted by atomic mass is 10.0. The third-order valence-corrected chi connectivity index (χ3v) is 6.65. The molecule has 2 rings (SSSR count). The summed E-state index contributed by atoms with van der Waals surface area (Å²) in [5.74, 6) is 2.10. The van der Waals surface area contributed by atoms with E-state index >= 15 is 0 Å². The Hall–Kier alpha value is -0.560. The minimum absolute atomic E-state index is 0.570. The maximum absolute atomic E-state index is 9.73. The van der Waals surface area contributed by atoms with E-state index in [0.29, 0.717) is 11.7 Å². The molecular formula is C16H22N2OS3. The van der Waals surface area contributed by atoms with Crippen molar-refractivity contribution in [3.8, 4) is 0 Å². The Morgan fingerprint density at radius 1 is 1.09 bits per heavy atom. The van der Waals surface area contributed by atoms with E-state index in [1.54, 1.807) is 48.7 Å². The van der Waals surface area contributed by atoms with E-state index in [0.717, 1.165) is 14.4 Å². The minimum atomic E-state index is -0.679. The highest BCUT2D eigenvalue weighted by atomic mass is 32.2. The Morgan fingerprint density at radius 3 is 2.23 bits per heavy atom. The third-order valence-electron chi connectivity index (χ3n) is 2.95. The molecule has 6 heteroatoms. The second kappa shape index (κ2) is 7.81. The summed E-state index contributed by atoms with van der Waals surface area (Å²) in [5.41, 5.74) is 1.99. The molecule has 22 heavy (non-hydrogen) atoms. The number of rotatable bonds is 7. The van der Waals surface area contributed by atoms with Crippen molar-refractivity contribution in [2.45, 2.75) is 53.6 Å².